The fraction of sp³-hybridized carbons (Fsp3) is 0.500. The van der Waals surface area contributed by atoms with Crippen LogP contribution in [0.3, 0.4) is 0 Å². The third kappa shape index (κ3) is 2.80. The molecule has 1 aromatic rings. The van der Waals surface area contributed by atoms with E-state index in [-0.39, 0.29) is 0 Å². The van der Waals surface area contributed by atoms with Crippen LogP contribution in [0, 0.1) is 17.6 Å². The summed E-state index contributed by atoms with van der Waals surface area (Å²) in [6, 6.07) is 2.52. The molecule has 1 heterocycles. The van der Waals surface area contributed by atoms with Crippen LogP contribution in [0.4, 0.5) is 8.78 Å². The van der Waals surface area contributed by atoms with Gasteiger partial charge in [-0.1, -0.05) is 0 Å². The molecule has 0 aromatic heterocycles. The van der Waals surface area contributed by atoms with Crippen molar-refractivity contribution in [3.8, 4) is 0 Å². The standard InChI is InChI=1S/C12H14BrF2N/c13-10-6-9(11(14)7-12(10)15)5-8-1-3-16-4-2-8/h6-8,16H,1-5H2. The molecule has 1 aromatic carbocycles. The summed E-state index contributed by atoms with van der Waals surface area (Å²) in [5.74, 6) is -0.459. The summed E-state index contributed by atoms with van der Waals surface area (Å²) < 4.78 is 26.9. The maximum absolute atomic E-state index is 13.5. The Kier molecular flexibility index (Phi) is 3.92. The van der Waals surface area contributed by atoms with E-state index < -0.39 is 11.6 Å². The van der Waals surface area contributed by atoms with Gasteiger partial charge in [-0.05, 0) is 65.8 Å². The van der Waals surface area contributed by atoms with Crippen molar-refractivity contribution in [3.63, 3.8) is 0 Å². The summed E-state index contributed by atoms with van der Waals surface area (Å²) in [5, 5.41) is 3.27. The Morgan fingerprint density at radius 3 is 2.56 bits per heavy atom. The van der Waals surface area contributed by atoms with Crippen molar-refractivity contribution in [2.75, 3.05) is 13.1 Å². The van der Waals surface area contributed by atoms with Crippen molar-refractivity contribution in [1.29, 1.82) is 0 Å². The molecule has 88 valence electrons. The molecular weight excluding hydrogens is 276 g/mol. The SMILES string of the molecule is Fc1cc(F)c(CC2CCNCC2)cc1Br. The Hall–Kier alpha value is -0.480. The summed E-state index contributed by atoms with van der Waals surface area (Å²) in [5.41, 5.74) is 0.611. The van der Waals surface area contributed by atoms with Gasteiger partial charge in [-0.15, -0.1) is 0 Å². The Bertz CT molecular complexity index is 376. The van der Waals surface area contributed by atoms with Gasteiger partial charge in [0.2, 0.25) is 0 Å². The highest BCUT2D eigenvalue weighted by molar-refractivity contribution is 9.10. The molecule has 1 fully saturated rings. The van der Waals surface area contributed by atoms with Gasteiger partial charge in [-0.3, -0.25) is 0 Å². The van der Waals surface area contributed by atoms with E-state index in [1.807, 2.05) is 0 Å². The molecule has 4 heteroatoms. The van der Waals surface area contributed by atoms with Gasteiger partial charge in [0.15, 0.2) is 0 Å². The molecule has 0 spiro atoms. The van der Waals surface area contributed by atoms with E-state index >= 15 is 0 Å². The quantitative estimate of drug-likeness (QED) is 0.824. The van der Waals surface area contributed by atoms with Crippen LogP contribution in [-0.4, -0.2) is 13.1 Å². The maximum Gasteiger partial charge on any atom is 0.140 e. The fourth-order valence-electron chi connectivity index (χ4n) is 2.12. The van der Waals surface area contributed by atoms with E-state index in [2.05, 4.69) is 21.2 Å². The predicted octanol–water partition coefficient (Wildman–Crippen LogP) is 3.27. The number of piperidine rings is 1. The molecule has 1 N–H and O–H groups in total. The van der Waals surface area contributed by atoms with Crippen molar-refractivity contribution in [2.24, 2.45) is 5.92 Å². The second kappa shape index (κ2) is 5.23. The molecule has 0 radical (unpaired) electrons. The zero-order valence-electron chi connectivity index (χ0n) is 8.90. The van der Waals surface area contributed by atoms with Crippen LogP contribution in [0.5, 0.6) is 0 Å². The van der Waals surface area contributed by atoms with Crippen LogP contribution < -0.4 is 5.32 Å². The third-order valence-corrected chi connectivity index (χ3v) is 3.66. The topological polar surface area (TPSA) is 12.0 Å². The van der Waals surface area contributed by atoms with Gasteiger partial charge in [-0.25, -0.2) is 8.78 Å². The van der Waals surface area contributed by atoms with E-state index in [4.69, 9.17) is 0 Å². The third-order valence-electron chi connectivity index (χ3n) is 3.06. The highest BCUT2D eigenvalue weighted by atomic mass is 79.9. The molecule has 0 saturated carbocycles. The molecule has 0 bridgehead atoms. The number of hydrogen-bond donors (Lipinski definition) is 1. The minimum absolute atomic E-state index is 0.345. The molecule has 2 rings (SSSR count). The molecule has 0 amide bonds. The zero-order chi connectivity index (χ0) is 11.5. The molecule has 16 heavy (non-hydrogen) atoms. The summed E-state index contributed by atoms with van der Waals surface area (Å²) in [6.07, 6.45) is 2.83. The van der Waals surface area contributed by atoms with Crippen LogP contribution >= 0.6 is 15.9 Å². The first kappa shape index (κ1) is 12.0. The van der Waals surface area contributed by atoms with Gasteiger partial charge in [0.25, 0.3) is 0 Å². The second-order valence-corrected chi connectivity index (χ2v) is 5.11. The lowest BCUT2D eigenvalue weighted by Gasteiger charge is -2.22. The molecule has 1 nitrogen and oxygen atoms in total. The van der Waals surface area contributed by atoms with Gasteiger partial charge in [0, 0.05) is 6.07 Å². The molecule has 1 saturated heterocycles. The minimum Gasteiger partial charge on any atom is -0.317 e. The smallest absolute Gasteiger partial charge is 0.140 e. The molecule has 0 atom stereocenters. The van der Waals surface area contributed by atoms with Gasteiger partial charge >= 0.3 is 0 Å². The van der Waals surface area contributed by atoms with Crippen molar-refractivity contribution in [3.05, 3.63) is 33.8 Å². The van der Waals surface area contributed by atoms with Crippen LogP contribution in [0.1, 0.15) is 18.4 Å². The summed E-state index contributed by atoms with van der Waals surface area (Å²) in [4.78, 5) is 0. The minimum atomic E-state index is -0.536. The van der Waals surface area contributed by atoms with Crippen molar-refractivity contribution < 1.29 is 8.78 Å². The number of halogens is 3. The molecular formula is C12H14BrF2N. The molecule has 0 aliphatic carbocycles. The number of rotatable bonds is 2. The number of hydrogen-bond acceptors (Lipinski definition) is 1. The average Bonchev–Trinajstić information content (AvgIpc) is 2.27. The highest BCUT2D eigenvalue weighted by Gasteiger charge is 2.16. The lowest BCUT2D eigenvalue weighted by molar-refractivity contribution is 0.368. The average molecular weight is 290 g/mol. The van der Waals surface area contributed by atoms with Crippen molar-refractivity contribution in [1.82, 2.24) is 5.32 Å². The van der Waals surface area contributed by atoms with Crippen LogP contribution in [0.25, 0.3) is 0 Å². The zero-order valence-corrected chi connectivity index (χ0v) is 10.5. The first-order valence-corrected chi connectivity index (χ1v) is 6.30. The molecule has 1 aliphatic heterocycles. The predicted molar refractivity (Wildman–Crippen MR) is 63.4 cm³/mol. The highest BCUT2D eigenvalue weighted by Crippen LogP contribution is 2.24. The normalized spacial score (nSPS) is 17.7. The maximum atomic E-state index is 13.5. The summed E-state index contributed by atoms with van der Waals surface area (Å²) in [7, 11) is 0. The van der Waals surface area contributed by atoms with Gasteiger partial charge < -0.3 is 5.32 Å². The van der Waals surface area contributed by atoms with Crippen molar-refractivity contribution >= 4 is 15.9 Å². The van der Waals surface area contributed by atoms with Gasteiger partial charge in [0.1, 0.15) is 11.6 Å². The summed E-state index contributed by atoms with van der Waals surface area (Å²) in [6.45, 7) is 1.99. The van der Waals surface area contributed by atoms with E-state index in [0.29, 0.717) is 22.4 Å². The number of nitrogens with one attached hydrogen (secondary N) is 1. The van der Waals surface area contributed by atoms with Crippen LogP contribution in [0.15, 0.2) is 16.6 Å². The van der Waals surface area contributed by atoms with Gasteiger partial charge in [0.05, 0.1) is 4.47 Å². The lowest BCUT2D eigenvalue weighted by Crippen LogP contribution is -2.28. The Morgan fingerprint density at radius 2 is 1.88 bits per heavy atom. The first-order valence-electron chi connectivity index (χ1n) is 5.51. The second-order valence-electron chi connectivity index (χ2n) is 4.26. The van der Waals surface area contributed by atoms with Crippen LogP contribution in [0.2, 0.25) is 0 Å². The Morgan fingerprint density at radius 1 is 1.19 bits per heavy atom. The molecule has 0 unspecified atom stereocenters. The van der Waals surface area contributed by atoms with E-state index in [0.717, 1.165) is 32.0 Å². The van der Waals surface area contributed by atoms with E-state index in [1.165, 1.54) is 0 Å². The fourth-order valence-corrected chi connectivity index (χ4v) is 2.51. The molecule has 1 aliphatic rings. The number of benzene rings is 1. The Balaban J connectivity index is 2.11. The first-order chi connectivity index (χ1) is 7.66. The lowest BCUT2D eigenvalue weighted by atomic mass is 9.91. The monoisotopic (exact) mass is 289 g/mol. The van der Waals surface area contributed by atoms with E-state index in [1.54, 1.807) is 6.07 Å². The van der Waals surface area contributed by atoms with E-state index in [9.17, 15) is 8.78 Å². The van der Waals surface area contributed by atoms with Gasteiger partial charge in [-0.2, -0.15) is 0 Å². The van der Waals surface area contributed by atoms with Crippen LogP contribution in [-0.2, 0) is 6.42 Å². The largest absolute Gasteiger partial charge is 0.317 e. The van der Waals surface area contributed by atoms with Crippen molar-refractivity contribution in [2.45, 2.75) is 19.3 Å². The summed E-state index contributed by atoms with van der Waals surface area (Å²) >= 11 is 3.09. The Labute approximate surface area is 102 Å².